The van der Waals surface area contributed by atoms with Gasteiger partial charge in [-0.15, -0.1) is 0 Å². The van der Waals surface area contributed by atoms with Crippen LogP contribution in [0.15, 0.2) is 5.16 Å². The maximum atomic E-state index is 5.56. The second-order valence-electron chi connectivity index (χ2n) is 4.36. The van der Waals surface area contributed by atoms with Gasteiger partial charge in [-0.05, 0) is 18.8 Å². The van der Waals surface area contributed by atoms with Crippen molar-refractivity contribution < 1.29 is 4.84 Å². The Balaban J connectivity index is 2.79. The van der Waals surface area contributed by atoms with E-state index < -0.39 is 0 Å². The van der Waals surface area contributed by atoms with Crippen LogP contribution in [0.1, 0.15) is 41.0 Å². The minimum atomic E-state index is -0.0376. The molecule has 2 heteroatoms. The molecule has 0 amide bonds. The van der Waals surface area contributed by atoms with Crippen LogP contribution in [-0.2, 0) is 4.84 Å². The Hall–Kier alpha value is -0.530. The van der Waals surface area contributed by atoms with Gasteiger partial charge in [0.25, 0.3) is 0 Å². The summed E-state index contributed by atoms with van der Waals surface area (Å²) >= 11 is 0. The maximum absolute atomic E-state index is 5.56. The quantitative estimate of drug-likeness (QED) is 0.623. The summed E-state index contributed by atoms with van der Waals surface area (Å²) in [6.07, 6.45) is 0.988. The van der Waals surface area contributed by atoms with Crippen molar-refractivity contribution in [1.29, 1.82) is 0 Å². The van der Waals surface area contributed by atoms with Crippen molar-refractivity contribution in [3.05, 3.63) is 0 Å². The van der Waals surface area contributed by atoms with E-state index in [0.717, 1.165) is 12.1 Å². The van der Waals surface area contributed by atoms with Crippen LogP contribution >= 0.6 is 0 Å². The molecule has 0 aliphatic carbocycles. The highest BCUT2D eigenvalue weighted by molar-refractivity contribution is 5.83. The van der Waals surface area contributed by atoms with Crippen molar-refractivity contribution in [2.45, 2.75) is 46.6 Å². The molecule has 12 heavy (non-hydrogen) atoms. The van der Waals surface area contributed by atoms with Gasteiger partial charge >= 0.3 is 0 Å². The van der Waals surface area contributed by atoms with Gasteiger partial charge in [0, 0.05) is 6.42 Å². The van der Waals surface area contributed by atoms with Crippen molar-refractivity contribution in [1.82, 2.24) is 0 Å². The number of oxime groups is 1. The van der Waals surface area contributed by atoms with Gasteiger partial charge in [-0.1, -0.05) is 32.9 Å². The molecular formula is C10H19NO. The van der Waals surface area contributed by atoms with E-state index >= 15 is 0 Å². The van der Waals surface area contributed by atoms with E-state index in [-0.39, 0.29) is 5.60 Å². The third-order valence-electron chi connectivity index (χ3n) is 2.86. The molecule has 0 fully saturated rings. The first-order valence-corrected chi connectivity index (χ1v) is 4.70. The van der Waals surface area contributed by atoms with E-state index in [1.807, 2.05) is 6.92 Å². The molecule has 1 aliphatic rings. The molecule has 2 nitrogen and oxygen atoms in total. The minimum absolute atomic E-state index is 0.0376. The Kier molecular flexibility index (Phi) is 2.45. The SMILES string of the molecule is CC1=NOC(C(C)C)(C(C)C)C1. The molecule has 0 saturated carbocycles. The molecule has 0 aromatic heterocycles. The van der Waals surface area contributed by atoms with Crippen LogP contribution < -0.4 is 0 Å². The largest absolute Gasteiger partial charge is 0.388 e. The lowest BCUT2D eigenvalue weighted by atomic mass is 9.77. The van der Waals surface area contributed by atoms with E-state index in [0.29, 0.717) is 11.8 Å². The molecule has 1 rings (SSSR count). The molecule has 0 spiro atoms. The van der Waals surface area contributed by atoms with Gasteiger partial charge in [0.15, 0.2) is 0 Å². The predicted octanol–water partition coefficient (Wildman–Crippen LogP) is 2.83. The Bertz CT molecular complexity index is 186. The van der Waals surface area contributed by atoms with Crippen molar-refractivity contribution in [2.24, 2.45) is 17.0 Å². The van der Waals surface area contributed by atoms with Crippen LogP contribution in [0.3, 0.4) is 0 Å². The van der Waals surface area contributed by atoms with Gasteiger partial charge in [0.05, 0.1) is 5.71 Å². The van der Waals surface area contributed by atoms with Crippen molar-refractivity contribution in [3.63, 3.8) is 0 Å². The fourth-order valence-corrected chi connectivity index (χ4v) is 1.91. The second-order valence-corrected chi connectivity index (χ2v) is 4.36. The molecular weight excluding hydrogens is 150 g/mol. The van der Waals surface area contributed by atoms with Crippen LogP contribution in [0.2, 0.25) is 0 Å². The maximum Gasteiger partial charge on any atom is 0.147 e. The van der Waals surface area contributed by atoms with E-state index in [1.165, 1.54) is 0 Å². The second kappa shape index (κ2) is 3.08. The van der Waals surface area contributed by atoms with Gasteiger partial charge in [-0.25, -0.2) is 0 Å². The lowest BCUT2D eigenvalue weighted by Crippen LogP contribution is -2.40. The van der Waals surface area contributed by atoms with Crippen molar-refractivity contribution >= 4 is 5.71 Å². The number of hydrogen-bond acceptors (Lipinski definition) is 2. The summed E-state index contributed by atoms with van der Waals surface area (Å²) in [7, 11) is 0. The van der Waals surface area contributed by atoms with Crippen LogP contribution in [-0.4, -0.2) is 11.3 Å². The van der Waals surface area contributed by atoms with Crippen molar-refractivity contribution in [2.75, 3.05) is 0 Å². The zero-order valence-corrected chi connectivity index (χ0v) is 8.72. The fraction of sp³-hybridized carbons (Fsp3) is 0.900. The van der Waals surface area contributed by atoms with Crippen LogP contribution in [0, 0.1) is 11.8 Å². The monoisotopic (exact) mass is 169 g/mol. The zero-order chi connectivity index (χ0) is 9.35. The summed E-state index contributed by atoms with van der Waals surface area (Å²) in [4.78, 5) is 5.56. The fourth-order valence-electron chi connectivity index (χ4n) is 1.91. The Morgan fingerprint density at radius 3 is 1.92 bits per heavy atom. The van der Waals surface area contributed by atoms with Gasteiger partial charge in [-0.2, -0.15) is 0 Å². The summed E-state index contributed by atoms with van der Waals surface area (Å²) in [6.45, 7) is 10.8. The Morgan fingerprint density at radius 1 is 1.25 bits per heavy atom. The molecule has 0 N–H and O–H groups in total. The lowest BCUT2D eigenvalue weighted by molar-refractivity contribution is -0.0869. The van der Waals surface area contributed by atoms with Crippen LogP contribution in [0.25, 0.3) is 0 Å². The van der Waals surface area contributed by atoms with Gasteiger partial charge in [-0.3, -0.25) is 0 Å². The Labute approximate surface area is 75.0 Å². The third-order valence-corrected chi connectivity index (χ3v) is 2.86. The standard InChI is InChI=1S/C10H19NO/c1-7(2)10(8(3)4)6-9(5)11-12-10/h7-8H,6H2,1-5H3. The highest BCUT2D eigenvalue weighted by atomic mass is 16.7. The van der Waals surface area contributed by atoms with E-state index in [1.54, 1.807) is 0 Å². The molecule has 1 aliphatic heterocycles. The first-order chi connectivity index (χ1) is 5.49. The smallest absolute Gasteiger partial charge is 0.147 e. The van der Waals surface area contributed by atoms with Crippen LogP contribution in [0.4, 0.5) is 0 Å². The highest BCUT2D eigenvalue weighted by Crippen LogP contribution is 2.37. The van der Waals surface area contributed by atoms with Crippen molar-refractivity contribution in [3.8, 4) is 0 Å². The predicted molar refractivity (Wildman–Crippen MR) is 51.2 cm³/mol. The van der Waals surface area contributed by atoms with Gasteiger partial charge in [0.1, 0.15) is 5.60 Å². The highest BCUT2D eigenvalue weighted by Gasteiger charge is 2.43. The molecule has 0 aromatic carbocycles. The van der Waals surface area contributed by atoms with Crippen LogP contribution in [0.5, 0.6) is 0 Å². The molecule has 0 unspecified atom stereocenters. The van der Waals surface area contributed by atoms with E-state index in [9.17, 15) is 0 Å². The Morgan fingerprint density at radius 2 is 1.75 bits per heavy atom. The topological polar surface area (TPSA) is 21.6 Å². The summed E-state index contributed by atoms with van der Waals surface area (Å²) in [5, 5.41) is 4.05. The average molecular weight is 169 g/mol. The summed E-state index contributed by atoms with van der Waals surface area (Å²) in [6, 6.07) is 0. The molecule has 0 bridgehead atoms. The number of rotatable bonds is 2. The van der Waals surface area contributed by atoms with E-state index in [4.69, 9.17) is 4.84 Å². The summed E-state index contributed by atoms with van der Waals surface area (Å²) < 4.78 is 0. The molecule has 0 saturated heterocycles. The van der Waals surface area contributed by atoms with E-state index in [2.05, 4.69) is 32.9 Å². The lowest BCUT2D eigenvalue weighted by Gasteiger charge is -2.34. The minimum Gasteiger partial charge on any atom is -0.388 e. The zero-order valence-electron chi connectivity index (χ0n) is 8.72. The molecule has 0 atom stereocenters. The molecule has 0 aromatic rings. The summed E-state index contributed by atoms with van der Waals surface area (Å²) in [5.74, 6) is 1.05. The number of nitrogens with zero attached hydrogens (tertiary/aromatic N) is 1. The third kappa shape index (κ3) is 1.35. The van der Waals surface area contributed by atoms with Gasteiger partial charge < -0.3 is 4.84 Å². The molecule has 1 heterocycles. The molecule has 0 radical (unpaired) electrons. The average Bonchev–Trinajstić information content (AvgIpc) is 2.32. The molecule has 70 valence electrons. The van der Waals surface area contributed by atoms with Gasteiger partial charge in [0.2, 0.25) is 0 Å². The first kappa shape index (κ1) is 9.56. The first-order valence-electron chi connectivity index (χ1n) is 4.70. The summed E-state index contributed by atoms with van der Waals surface area (Å²) in [5.41, 5.74) is 1.08. The normalized spacial score (nSPS) is 21.4. The number of hydrogen-bond donors (Lipinski definition) is 0.